The molecular weight excluding hydrogens is 455 g/mol. The monoisotopic (exact) mass is 494 g/mol. The van der Waals surface area contributed by atoms with Crippen molar-refractivity contribution < 1.29 is 0 Å². The molecule has 1 heteroatoms. The number of fused-ring (bicyclic) bond motifs is 7. The highest BCUT2D eigenvalue weighted by atomic mass is 14.3. The van der Waals surface area contributed by atoms with Crippen molar-refractivity contribution in [3.8, 4) is 11.1 Å². The van der Waals surface area contributed by atoms with Gasteiger partial charge in [0.2, 0.25) is 6.71 Å². The first-order chi connectivity index (χ1) is 18.2. The fraction of sp³-hybridized carbons (Fsp3) is 0.297. The van der Waals surface area contributed by atoms with Gasteiger partial charge >= 0.3 is 0 Å². The SMILES string of the molecule is Cc1cc2c(c3ccccc13)-c1c(cc(C)c3ccccc13)B2c1c(C(C)C)cc(C(C)C)cc1C(C)C. The van der Waals surface area contributed by atoms with E-state index in [1.165, 1.54) is 71.4 Å². The number of hydrogen-bond acceptors (Lipinski definition) is 0. The van der Waals surface area contributed by atoms with Gasteiger partial charge in [-0.2, -0.15) is 0 Å². The maximum Gasteiger partial charge on any atom is 0.243 e. The lowest BCUT2D eigenvalue weighted by molar-refractivity contribution is 0.812. The third-order valence-corrected chi connectivity index (χ3v) is 8.90. The molecule has 0 aliphatic carbocycles. The minimum absolute atomic E-state index is 0.239. The summed E-state index contributed by atoms with van der Waals surface area (Å²) in [4.78, 5) is 0. The molecule has 190 valence electrons. The zero-order valence-corrected chi connectivity index (χ0v) is 24.2. The molecule has 5 aromatic rings. The average Bonchev–Trinajstić information content (AvgIpc) is 3.21. The van der Waals surface area contributed by atoms with Gasteiger partial charge in [-0.3, -0.25) is 0 Å². The Labute approximate surface area is 229 Å². The van der Waals surface area contributed by atoms with Gasteiger partial charge in [0.1, 0.15) is 0 Å². The topological polar surface area (TPSA) is 0 Å². The Morgan fingerprint density at radius 1 is 0.500 bits per heavy atom. The molecule has 0 fully saturated rings. The van der Waals surface area contributed by atoms with Gasteiger partial charge in [0.25, 0.3) is 0 Å². The summed E-state index contributed by atoms with van der Waals surface area (Å²) in [6.07, 6.45) is 0. The molecular formula is C37H39B. The van der Waals surface area contributed by atoms with Gasteiger partial charge in [-0.1, -0.05) is 131 Å². The largest absolute Gasteiger partial charge is 0.243 e. The highest BCUT2D eigenvalue weighted by Gasteiger charge is 2.39. The Morgan fingerprint density at radius 2 is 0.895 bits per heavy atom. The summed E-state index contributed by atoms with van der Waals surface area (Å²) < 4.78 is 0. The Bertz CT molecular complexity index is 1600. The van der Waals surface area contributed by atoms with Crippen LogP contribution in [-0.4, -0.2) is 6.71 Å². The minimum atomic E-state index is 0.239. The second-order valence-corrected chi connectivity index (χ2v) is 12.4. The molecule has 1 aliphatic rings. The summed E-state index contributed by atoms with van der Waals surface area (Å²) in [5, 5.41) is 5.50. The second kappa shape index (κ2) is 9.16. The van der Waals surface area contributed by atoms with Crippen molar-refractivity contribution in [3.05, 3.63) is 101 Å². The van der Waals surface area contributed by atoms with Crippen LogP contribution in [0.3, 0.4) is 0 Å². The Morgan fingerprint density at radius 3 is 1.26 bits per heavy atom. The highest BCUT2D eigenvalue weighted by Crippen LogP contribution is 2.39. The van der Waals surface area contributed by atoms with E-state index in [0.717, 1.165) is 0 Å². The predicted molar refractivity (Wildman–Crippen MR) is 170 cm³/mol. The van der Waals surface area contributed by atoms with E-state index >= 15 is 0 Å². The summed E-state index contributed by atoms with van der Waals surface area (Å²) in [5.41, 5.74) is 14.6. The minimum Gasteiger partial charge on any atom is -0.0628 e. The third-order valence-electron chi connectivity index (χ3n) is 8.90. The molecule has 38 heavy (non-hydrogen) atoms. The highest BCUT2D eigenvalue weighted by molar-refractivity contribution is 7.00. The smallest absolute Gasteiger partial charge is 0.0628 e. The zero-order chi connectivity index (χ0) is 26.9. The van der Waals surface area contributed by atoms with Crippen LogP contribution in [0.15, 0.2) is 72.8 Å². The summed E-state index contributed by atoms with van der Waals surface area (Å²) in [6.45, 7) is 19.0. The van der Waals surface area contributed by atoms with Gasteiger partial charge in [0, 0.05) is 0 Å². The molecule has 0 radical (unpaired) electrons. The normalized spacial score (nSPS) is 12.9. The van der Waals surface area contributed by atoms with Crippen molar-refractivity contribution in [1.29, 1.82) is 0 Å². The third kappa shape index (κ3) is 3.66. The van der Waals surface area contributed by atoms with Crippen LogP contribution in [0.2, 0.25) is 0 Å². The zero-order valence-electron chi connectivity index (χ0n) is 24.2. The summed E-state index contributed by atoms with van der Waals surface area (Å²) in [6, 6.07) is 28.1. The molecule has 1 aliphatic heterocycles. The molecule has 1 heterocycles. The van der Waals surface area contributed by atoms with Gasteiger partial charge in [0.05, 0.1) is 0 Å². The van der Waals surface area contributed by atoms with Crippen LogP contribution in [-0.2, 0) is 0 Å². The van der Waals surface area contributed by atoms with E-state index in [0.29, 0.717) is 17.8 Å². The van der Waals surface area contributed by atoms with Crippen molar-refractivity contribution in [1.82, 2.24) is 0 Å². The predicted octanol–water partition coefficient (Wildman–Crippen LogP) is 8.48. The van der Waals surface area contributed by atoms with Crippen molar-refractivity contribution >= 4 is 44.6 Å². The van der Waals surface area contributed by atoms with Crippen molar-refractivity contribution in [2.45, 2.75) is 73.1 Å². The standard InChI is InChI=1S/C37H39B/c1-21(2)26-19-31(22(3)4)37(32(20-26)23(5)6)38-33-17-24(7)27-13-9-11-15-29(27)35(33)36-30-16-12-10-14-28(30)25(8)18-34(36)38/h9-23H,1-8H3. The average molecular weight is 495 g/mol. The first-order valence-electron chi connectivity index (χ1n) is 14.4. The molecule has 5 aromatic carbocycles. The van der Waals surface area contributed by atoms with Gasteiger partial charge < -0.3 is 0 Å². The van der Waals surface area contributed by atoms with E-state index in [1.807, 2.05) is 0 Å². The van der Waals surface area contributed by atoms with Gasteiger partial charge in [0.15, 0.2) is 0 Å². The van der Waals surface area contributed by atoms with Crippen molar-refractivity contribution in [3.63, 3.8) is 0 Å². The lowest BCUT2D eigenvalue weighted by atomic mass is 9.36. The molecule has 0 spiro atoms. The fourth-order valence-corrected chi connectivity index (χ4v) is 7.00. The first-order valence-corrected chi connectivity index (χ1v) is 14.4. The van der Waals surface area contributed by atoms with Crippen LogP contribution in [0, 0.1) is 13.8 Å². The maximum atomic E-state index is 2.52. The number of hydrogen-bond donors (Lipinski definition) is 0. The van der Waals surface area contributed by atoms with E-state index < -0.39 is 0 Å². The van der Waals surface area contributed by atoms with Crippen LogP contribution < -0.4 is 16.4 Å². The fourth-order valence-electron chi connectivity index (χ4n) is 7.00. The number of rotatable bonds is 4. The van der Waals surface area contributed by atoms with Crippen LogP contribution in [0.5, 0.6) is 0 Å². The lowest BCUT2D eigenvalue weighted by Crippen LogP contribution is -2.52. The molecule has 6 rings (SSSR count). The molecule has 0 N–H and O–H groups in total. The number of benzene rings is 5. The molecule has 0 nitrogen and oxygen atoms in total. The lowest BCUT2D eigenvalue weighted by Gasteiger charge is -2.27. The summed E-state index contributed by atoms with van der Waals surface area (Å²) in [5.74, 6) is 1.42. The van der Waals surface area contributed by atoms with Crippen molar-refractivity contribution in [2.75, 3.05) is 0 Å². The maximum absolute atomic E-state index is 2.52. The van der Waals surface area contributed by atoms with E-state index in [1.54, 1.807) is 5.46 Å². The molecule has 0 saturated carbocycles. The van der Waals surface area contributed by atoms with Gasteiger partial charge in [-0.25, -0.2) is 0 Å². The molecule has 0 aromatic heterocycles. The van der Waals surface area contributed by atoms with Crippen LogP contribution in [0.1, 0.15) is 87.1 Å². The van der Waals surface area contributed by atoms with Gasteiger partial charge in [-0.15, -0.1) is 0 Å². The first kappa shape index (κ1) is 25.0. The van der Waals surface area contributed by atoms with Gasteiger partial charge in [-0.05, 0) is 92.1 Å². The van der Waals surface area contributed by atoms with E-state index in [-0.39, 0.29) is 6.71 Å². The molecule has 0 unspecified atom stereocenters. The van der Waals surface area contributed by atoms with Crippen molar-refractivity contribution in [2.24, 2.45) is 0 Å². The Balaban J connectivity index is 1.82. The Hall–Kier alpha value is -3.32. The van der Waals surface area contributed by atoms with E-state index in [2.05, 4.69) is 128 Å². The van der Waals surface area contributed by atoms with Crippen LogP contribution in [0.4, 0.5) is 0 Å². The van der Waals surface area contributed by atoms with Crippen LogP contribution in [0.25, 0.3) is 32.7 Å². The quantitative estimate of drug-likeness (QED) is 0.216. The summed E-state index contributed by atoms with van der Waals surface area (Å²) in [7, 11) is 0. The molecule has 0 atom stereocenters. The van der Waals surface area contributed by atoms with Crippen LogP contribution >= 0.6 is 0 Å². The molecule has 0 bridgehead atoms. The van der Waals surface area contributed by atoms with E-state index in [4.69, 9.17) is 0 Å². The summed E-state index contributed by atoms with van der Waals surface area (Å²) >= 11 is 0. The molecule has 0 saturated heterocycles. The number of aryl methyl sites for hydroxylation is 2. The molecule has 0 amide bonds. The Kier molecular flexibility index (Phi) is 6.02. The second-order valence-electron chi connectivity index (χ2n) is 12.4. The van der Waals surface area contributed by atoms with E-state index in [9.17, 15) is 0 Å².